The van der Waals surface area contributed by atoms with Gasteiger partial charge in [0, 0.05) is 56.1 Å². The predicted molar refractivity (Wildman–Crippen MR) is 179 cm³/mol. The van der Waals surface area contributed by atoms with Crippen molar-refractivity contribution < 1.29 is 23.9 Å². The molecule has 3 rings (SSSR count). The molecule has 0 fully saturated rings. The van der Waals surface area contributed by atoms with Gasteiger partial charge in [-0.3, -0.25) is 14.7 Å². The van der Waals surface area contributed by atoms with Gasteiger partial charge in [-0.05, 0) is 90.3 Å². The molecule has 0 aliphatic carbocycles. The third kappa shape index (κ3) is 12.2. The number of ether oxygens (including phenoxy) is 2. The monoisotopic (exact) mass is 634 g/mol. The Morgan fingerprint density at radius 1 is 0.891 bits per heavy atom. The Balaban J connectivity index is 1.75. The van der Waals surface area contributed by atoms with E-state index in [1.54, 1.807) is 78.2 Å². The predicted octanol–water partition coefficient (Wildman–Crippen LogP) is 5.87. The first-order valence-corrected chi connectivity index (χ1v) is 15.4. The number of carbonyl (C=O) groups excluding carboxylic acids is 3. The number of rotatable bonds is 13. The first-order chi connectivity index (χ1) is 21.7. The van der Waals surface area contributed by atoms with E-state index >= 15 is 0 Å². The molecular weight excluding hydrogens is 588 g/mol. The highest BCUT2D eigenvalue weighted by atomic mass is 16.6. The molecule has 0 radical (unpaired) electrons. The molecule has 0 atom stereocenters. The lowest BCUT2D eigenvalue weighted by Gasteiger charge is -2.28. The van der Waals surface area contributed by atoms with Gasteiger partial charge < -0.3 is 30.7 Å². The van der Waals surface area contributed by atoms with E-state index in [2.05, 4.69) is 36.2 Å². The van der Waals surface area contributed by atoms with Crippen molar-refractivity contribution in [2.24, 2.45) is 0 Å². The molecule has 2 aromatic heterocycles. The van der Waals surface area contributed by atoms with E-state index in [0.717, 1.165) is 18.4 Å². The molecule has 248 valence electrons. The summed E-state index contributed by atoms with van der Waals surface area (Å²) in [7, 11) is 0. The maximum atomic E-state index is 13.4. The van der Waals surface area contributed by atoms with E-state index in [1.165, 1.54) is 11.1 Å². The lowest BCUT2D eigenvalue weighted by Crippen LogP contribution is -2.42. The van der Waals surface area contributed by atoms with Crippen LogP contribution in [-0.2, 0) is 15.9 Å². The number of hydrogen-bond acceptors (Lipinski definition) is 10. The second-order valence-electron chi connectivity index (χ2n) is 12.5. The summed E-state index contributed by atoms with van der Waals surface area (Å²) in [4.78, 5) is 53.2. The smallest absolute Gasteiger partial charge is 0.414 e. The topological polar surface area (TPSA) is 160 Å². The normalized spacial score (nSPS) is 11.3. The lowest BCUT2D eigenvalue weighted by atomic mass is 10.2. The van der Waals surface area contributed by atoms with Gasteiger partial charge in [0.1, 0.15) is 22.6 Å². The molecule has 3 amide bonds. The van der Waals surface area contributed by atoms with Gasteiger partial charge in [-0.2, -0.15) is 4.98 Å². The summed E-state index contributed by atoms with van der Waals surface area (Å²) in [5.74, 6) is 0.384. The van der Waals surface area contributed by atoms with Crippen molar-refractivity contribution in [3.8, 4) is 0 Å². The first kappa shape index (κ1) is 35.5. The van der Waals surface area contributed by atoms with Crippen molar-refractivity contribution in [1.82, 2.24) is 20.3 Å². The van der Waals surface area contributed by atoms with Crippen LogP contribution in [0, 0.1) is 0 Å². The minimum atomic E-state index is -0.748. The van der Waals surface area contributed by atoms with E-state index in [-0.39, 0.29) is 18.7 Å². The number of alkyl carbamates (subject to hydrolysis) is 1. The van der Waals surface area contributed by atoms with Crippen molar-refractivity contribution in [1.29, 1.82) is 0 Å². The van der Waals surface area contributed by atoms with Crippen LogP contribution in [0.4, 0.5) is 32.7 Å². The van der Waals surface area contributed by atoms with E-state index in [0.29, 0.717) is 36.2 Å². The number of amides is 3. The van der Waals surface area contributed by atoms with Crippen LogP contribution in [0.3, 0.4) is 0 Å². The average Bonchev–Trinajstić information content (AvgIpc) is 2.97. The summed E-state index contributed by atoms with van der Waals surface area (Å²) in [5.41, 5.74) is 0.903. The maximum absolute atomic E-state index is 13.4. The zero-order valence-electron chi connectivity index (χ0n) is 27.8. The zero-order valence-corrected chi connectivity index (χ0v) is 27.8. The highest BCUT2D eigenvalue weighted by Gasteiger charge is 2.25. The number of hydrogen-bond donors (Lipinski definition) is 4. The molecular formula is C33H46N8O5. The molecule has 0 aliphatic rings. The van der Waals surface area contributed by atoms with Crippen LogP contribution in [0.15, 0.2) is 55.0 Å². The molecule has 0 aliphatic heterocycles. The minimum Gasteiger partial charge on any atom is -0.444 e. The van der Waals surface area contributed by atoms with Gasteiger partial charge in [-0.15, -0.1) is 0 Å². The lowest BCUT2D eigenvalue weighted by molar-refractivity contribution is 0.0513. The van der Waals surface area contributed by atoms with Gasteiger partial charge in [0.2, 0.25) is 5.95 Å². The molecule has 13 heteroatoms. The number of aromatic nitrogens is 3. The van der Waals surface area contributed by atoms with Crippen molar-refractivity contribution in [2.45, 2.75) is 72.5 Å². The summed E-state index contributed by atoms with van der Waals surface area (Å²) < 4.78 is 10.9. The molecule has 0 bridgehead atoms. The van der Waals surface area contributed by atoms with E-state index in [1.807, 2.05) is 19.1 Å². The molecule has 0 saturated heterocycles. The van der Waals surface area contributed by atoms with Crippen LogP contribution in [0.1, 0.15) is 70.8 Å². The SMILES string of the molecule is CCCNc1nc(NCCc2ccncc2)ncc1C(=O)Nc1cccc(N(CCNC(=O)OC(C)(C)C)C(=O)OC(C)(C)C)c1. The van der Waals surface area contributed by atoms with Crippen LogP contribution in [0.2, 0.25) is 0 Å². The Morgan fingerprint density at radius 2 is 1.61 bits per heavy atom. The molecule has 46 heavy (non-hydrogen) atoms. The number of nitrogens with one attached hydrogen (secondary N) is 4. The van der Waals surface area contributed by atoms with Crippen LogP contribution in [0.25, 0.3) is 0 Å². The van der Waals surface area contributed by atoms with Crippen LogP contribution in [0.5, 0.6) is 0 Å². The molecule has 2 heterocycles. The summed E-state index contributed by atoms with van der Waals surface area (Å²) in [5, 5.41) is 12.0. The number of nitrogens with zero attached hydrogens (tertiary/aromatic N) is 4. The Kier molecular flexibility index (Phi) is 12.7. The highest BCUT2D eigenvalue weighted by Crippen LogP contribution is 2.24. The molecule has 3 aromatic rings. The van der Waals surface area contributed by atoms with Gasteiger partial charge in [-0.25, -0.2) is 14.6 Å². The van der Waals surface area contributed by atoms with Crippen molar-refractivity contribution in [3.05, 3.63) is 66.1 Å². The minimum absolute atomic E-state index is 0.0973. The van der Waals surface area contributed by atoms with Crippen molar-refractivity contribution >= 4 is 41.2 Å². The maximum Gasteiger partial charge on any atom is 0.414 e. The number of carbonyl (C=O) groups is 3. The molecule has 1 aromatic carbocycles. The van der Waals surface area contributed by atoms with E-state index in [4.69, 9.17) is 9.47 Å². The quantitative estimate of drug-likeness (QED) is 0.179. The van der Waals surface area contributed by atoms with Gasteiger partial charge in [0.15, 0.2) is 0 Å². The third-order valence-electron chi connectivity index (χ3n) is 6.06. The second-order valence-corrected chi connectivity index (χ2v) is 12.5. The van der Waals surface area contributed by atoms with E-state index in [9.17, 15) is 14.4 Å². The summed E-state index contributed by atoms with van der Waals surface area (Å²) in [6, 6.07) is 10.7. The van der Waals surface area contributed by atoms with Crippen LogP contribution < -0.4 is 26.2 Å². The van der Waals surface area contributed by atoms with Gasteiger partial charge >= 0.3 is 12.2 Å². The third-order valence-corrected chi connectivity index (χ3v) is 6.06. The van der Waals surface area contributed by atoms with Gasteiger partial charge in [-0.1, -0.05) is 13.0 Å². The molecule has 13 nitrogen and oxygen atoms in total. The average molecular weight is 635 g/mol. The Morgan fingerprint density at radius 3 is 2.28 bits per heavy atom. The number of pyridine rings is 1. The molecule has 4 N–H and O–H groups in total. The summed E-state index contributed by atoms with van der Waals surface area (Å²) >= 11 is 0. The summed E-state index contributed by atoms with van der Waals surface area (Å²) in [6.07, 6.45) is 5.38. The largest absolute Gasteiger partial charge is 0.444 e. The first-order valence-electron chi connectivity index (χ1n) is 15.4. The standard InChI is InChI=1S/C33H46N8O5/c1-8-15-35-27-26(22-38-29(40-27)36-18-14-23-12-16-34-17-13-23)28(42)39-24-10-9-11-25(21-24)41(31(44)46-33(5,6)7)20-19-37-30(43)45-32(2,3)4/h9-13,16-17,21-22H,8,14-15,18-20H2,1-7H3,(H,37,43)(H,39,42)(H2,35,36,38,40). The zero-order chi connectivity index (χ0) is 33.7. The fraction of sp³-hybridized carbons (Fsp3) is 0.455. The van der Waals surface area contributed by atoms with Crippen LogP contribution in [-0.4, -0.2) is 70.4 Å². The Hall–Kier alpha value is -4.94. The fourth-order valence-corrected chi connectivity index (χ4v) is 4.06. The highest BCUT2D eigenvalue weighted by molar-refractivity contribution is 6.07. The molecule has 0 saturated carbocycles. The fourth-order valence-electron chi connectivity index (χ4n) is 4.06. The Bertz CT molecular complexity index is 1450. The molecule has 0 spiro atoms. The van der Waals surface area contributed by atoms with Gasteiger partial charge in [0.05, 0.1) is 0 Å². The number of benzene rings is 1. The van der Waals surface area contributed by atoms with Crippen LogP contribution >= 0.6 is 0 Å². The molecule has 0 unspecified atom stereocenters. The van der Waals surface area contributed by atoms with Crippen molar-refractivity contribution in [2.75, 3.05) is 47.0 Å². The number of anilines is 4. The van der Waals surface area contributed by atoms with Gasteiger partial charge in [0.25, 0.3) is 5.91 Å². The van der Waals surface area contributed by atoms with E-state index < -0.39 is 29.3 Å². The van der Waals surface area contributed by atoms with Crippen molar-refractivity contribution in [3.63, 3.8) is 0 Å². The Labute approximate surface area is 270 Å². The second kappa shape index (κ2) is 16.4. The summed E-state index contributed by atoms with van der Waals surface area (Å²) in [6.45, 7) is 14.1.